The van der Waals surface area contributed by atoms with Gasteiger partial charge in [0.25, 0.3) is 0 Å². The monoisotopic (exact) mass is 335 g/mol. The summed E-state index contributed by atoms with van der Waals surface area (Å²) in [5.74, 6) is -0.163. The van der Waals surface area contributed by atoms with Gasteiger partial charge in [-0.25, -0.2) is 0 Å². The Hall–Kier alpha value is -3.39. The van der Waals surface area contributed by atoms with E-state index in [0.29, 0.717) is 0 Å². The Morgan fingerprint density at radius 1 is 0.654 bits per heavy atom. The summed E-state index contributed by atoms with van der Waals surface area (Å²) in [5, 5.41) is 2.35. The van der Waals surface area contributed by atoms with Crippen molar-refractivity contribution in [2.45, 2.75) is 5.92 Å². The predicted molar refractivity (Wildman–Crippen MR) is 106 cm³/mol. The summed E-state index contributed by atoms with van der Waals surface area (Å²) in [4.78, 5) is 15.3. The Morgan fingerprint density at radius 2 is 1.35 bits per heavy atom. The number of fused-ring (bicyclic) bond motifs is 2. The van der Waals surface area contributed by atoms with Gasteiger partial charge in [0.15, 0.2) is 0 Å². The molecule has 1 aliphatic heterocycles. The van der Waals surface area contributed by atoms with Crippen LogP contribution in [0.2, 0.25) is 0 Å². The van der Waals surface area contributed by atoms with Gasteiger partial charge in [0.1, 0.15) is 0 Å². The van der Waals surface area contributed by atoms with Crippen LogP contribution in [-0.2, 0) is 4.79 Å². The first-order chi connectivity index (χ1) is 12.8. The van der Waals surface area contributed by atoms with Crippen LogP contribution in [0, 0.1) is 0 Å². The van der Waals surface area contributed by atoms with E-state index in [1.807, 2.05) is 65.6 Å². The van der Waals surface area contributed by atoms with Crippen molar-refractivity contribution in [3.8, 4) is 0 Å². The number of benzene rings is 4. The van der Waals surface area contributed by atoms with E-state index in [1.165, 1.54) is 5.39 Å². The van der Waals surface area contributed by atoms with Crippen molar-refractivity contribution in [3.63, 3.8) is 0 Å². The zero-order valence-electron chi connectivity index (χ0n) is 14.2. The predicted octanol–water partition coefficient (Wildman–Crippen LogP) is 5.65. The van der Waals surface area contributed by atoms with Gasteiger partial charge in [-0.3, -0.25) is 9.69 Å². The van der Waals surface area contributed by atoms with Crippen molar-refractivity contribution in [2.75, 3.05) is 4.90 Å². The summed E-state index contributed by atoms with van der Waals surface area (Å²) in [6, 6.07) is 32.6. The molecule has 0 aromatic heterocycles. The average molecular weight is 335 g/mol. The number of para-hydroxylation sites is 2. The van der Waals surface area contributed by atoms with Crippen LogP contribution in [0.1, 0.15) is 17.0 Å². The van der Waals surface area contributed by atoms with Crippen molar-refractivity contribution in [1.82, 2.24) is 0 Å². The summed E-state index contributed by atoms with van der Waals surface area (Å²) in [6.07, 6.45) is 0. The van der Waals surface area contributed by atoms with Crippen molar-refractivity contribution in [1.29, 1.82) is 0 Å². The number of rotatable bonds is 2. The van der Waals surface area contributed by atoms with Crippen LogP contribution in [0.25, 0.3) is 10.8 Å². The lowest BCUT2D eigenvalue weighted by atomic mass is 9.91. The maximum atomic E-state index is 13.4. The average Bonchev–Trinajstić information content (AvgIpc) is 3.00. The second-order valence-corrected chi connectivity index (χ2v) is 6.61. The quantitative estimate of drug-likeness (QED) is 0.463. The topological polar surface area (TPSA) is 20.3 Å². The minimum absolute atomic E-state index is 0.104. The molecule has 5 rings (SSSR count). The largest absolute Gasteiger partial charge is 0.280 e. The molecule has 26 heavy (non-hydrogen) atoms. The van der Waals surface area contributed by atoms with Gasteiger partial charge in [-0.2, -0.15) is 0 Å². The molecule has 1 unspecified atom stereocenters. The highest BCUT2D eigenvalue weighted by Crippen LogP contribution is 2.45. The number of anilines is 2. The highest BCUT2D eigenvalue weighted by molar-refractivity contribution is 6.12. The first-order valence-electron chi connectivity index (χ1n) is 8.79. The molecule has 1 aliphatic rings. The van der Waals surface area contributed by atoms with Crippen LogP contribution in [0.5, 0.6) is 0 Å². The van der Waals surface area contributed by atoms with E-state index < -0.39 is 0 Å². The van der Waals surface area contributed by atoms with Crippen LogP contribution < -0.4 is 4.90 Å². The van der Waals surface area contributed by atoms with Crippen LogP contribution in [0.4, 0.5) is 11.4 Å². The van der Waals surface area contributed by atoms with E-state index in [1.54, 1.807) is 0 Å². The van der Waals surface area contributed by atoms with Crippen molar-refractivity contribution < 1.29 is 4.79 Å². The van der Waals surface area contributed by atoms with Gasteiger partial charge < -0.3 is 0 Å². The normalized spacial score (nSPS) is 16.1. The molecule has 0 N–H and O–H groups in total. The molecule has 4 aromatic carbocycles. The highest BCUT2D eigenvalue weighted by atomic mass is 16.2. The number of nitrogens with zero attached hydrogens (tertiary/aromatic N) is 1. The molecule has 1 atom stereocenters. The Balaban J connectivity index is 1.68. The second-order valence-electron chi connectivity index (χ2n) is 6.61. The highest BCUT2D eigenvalue weighted by Gasteiger charge is 2.38. The van der Waals surface area contributed by atoms with Crippen molar-refractivity contribution in [3.05, 3.63) is 108 Å². The molecule has 0 radical (unpaired) electrons. The maximum Gasteiger partial charge on any atom is 0.243 e. The van der Waals surface area contributed by atoms with Gasteiger partial charge in [-0.1, -0.05) is 78.9 Å². The molecular formula is C24H17NO. The zero-order valence-corrected chi connectivity index (χ0v) is 14.2. The Kier molecular flexibility index (Phi) is 3.36. The standard InChI is InChI=1S/C24H17NO/c26-24-23(19-15-14-17-8-4-5-9-18(17)16-19)21-12-6-7-13-22(21)25(24)20-10-2-1-3-11-20/h1-16,23H. The van der Waals surface area contributed by atoms with E-state index in [9.17, 15) is 4.79 Å². The number of amides is 1. The molecular weight excluding hydrogens is 318 g/mol. The van der Waals surface area contributed by atoms with Gasteiger partial charge in [-0.05, 0) is 40.1 Å². The summed E-state index contributed by atoms with van der Waals surface area (Å²) in [6.45, 7) is 0. The fourth-order valence-electron chi connectivity index (χ4n) is 3.87. The van der Waals surface area contributed by atoms with Gasteiger partial charge in [0.2, 0.25) is 5.91 Å². The zero-order chi connectivity index (χ0) is 17.5. The van der Waals surface area contributed by atoms with E-state index in [2.05, 4.69) is 36.4 Å². The molecule has 124 valence electrons. The molecule has 2 nitrogen and oxygen atoms in total. The lowest BCUT2D eigenvalue weighted by Crippen LogP contribution is -2.24. The minimum Gasteiger partial charge on any atom is -0.280 e. The van der Waals surface area contributed by atoms with E-state index in [0.717, 1.165) is 27.9 Å². The van der Waals surface area contributed by atoms with E-state index in [-0.39, 0.29) is 11.8 Å². The molecule has 0 fully saturated rings. The third-order valence-electron chi connectivity index (χ3n) is 5.08. The fraction of sp³-hybridized carbons (Fsp3) is 0.0417. The molecule has 0 saturated carbocycles. The first-order valence-corrected chi connectivity index (χ1v) is 8.79. The third-order valence-corrected chi connectivity index (χ3v) is 5.08. The van der Waals surface area contributed by atoms with Gasteiger partial charge >= 0.3 is 0 Å². The molecule has 0 bridgehead atoms. The summed E-state index contributed by atoms with van der Waals surface area (Å²) in [5.41, 5.74) is 3.99. The Morgan fingerprint density at radius 3 is 2.19 bits per heavy atom. The molecule has 0 saturated heterocycles. The van der Waals surface area contributed by atoms with Gasteiger partial charge in [-0.15, -0.1) is 0 Å². The summed E-state index contributed by atoms with van der Waals surface area (Å²) in [7, 11) is 0. The summed E-state index contributed by atoms with van der Waals surface area (Å²) < 4.78 is 0. The maximum absolute atomic E-state index is 13.4. The number of carbonyl (C=O) groups is 1. The molecule has 4 aromatic rings. The number of hydrogen-bond donors (Lipinski definition) is 0. The minimum atomic E-state index is -0.268. The molecule has 1 heterocycles. The van der Waals surface area contributed by atoms with Crippen molar-refractivity contribution in [2.24, 2.45) is 0 Å². The van der Waals surface area contributed by atoms with Gasteiger partial charge in [0.05, 0.1) is 11.6 Å². The van der Waals surface area contributed by atoms with Crippen LogP contribution in [0.15, 0.2) is 97.1 Å². The molecule has 0 aliphatic carbocycles. The van der Waals surface area contributed by atoms with Crippen LogP contribution in [-0.4, -0.2) is 5.91 Å². The van der Waals surface area contributed by atoms with Gasteiger partial charge in [0, 0.05) is 5.69 Å². The van der Waals surface area contributed by atoms with E-state index >= 15 is 0 Å². The fourth-order valence-corrected chi connectivity index (χ4v) is 3.87. The van der Waals surface area contributed by atoms with Crippen LogP contribution in [0.3, 0.4) is 0 Å². The number of hydrogen-bond acceptors (Lipinski definition) is 1. The smallest absolute Gasteiger partial charge is 0.243 e. The van der Waals surface area contributed by atoms with Crippen molar-refractivity contribution >= 4 is 28.1 Å². The SMILES string of the molecule is O=C1C(c2ccc3ccccc3c2)c2ccccc2N1c1ccccc1. The second kappa shape index (κ2) is 5.85. The number of carbonyl (C=O) groups excluding carboxylic acids is 1. The first kappa shape index (κ1) is 14.9. The summed E-state index contributed by atoms with van der Waals surface area (Å²) >= 11 is 0. The Labute approximate surface area is 152 Å². The lowest BCUT2D eigenvalue weighted by Gasteiger charge is -2.18. The lowest BCUT2D eigenvalue weighted by molar-refractivity contribution is -0.117. The molecule has 1 amide bonds. The van der Waals surface area contributed by atoms with Crippen LogP contribution >= 0.6 is 0 Å². The third kappa shape index (κ3) is 2.23. The molecule has 2 heteroatoms. The Bertz CT molecular complexity index is 1120. The molecule has 0 spiro atoms. The van der Waals surface area contributed by atoms with E-state index in [4.69, 9.17) is 0 Å².